The lowest BCUT2D eigenvalue weighted by Crippen LogP contribution is -2.11. The highest BCUT2D eigenvalue weighted by molar-refractivity contribution is 5.45. The fourth-order valence-corrected chi connectivity index (χ4v) is 0.844. The van der Waals surface area contributed by atoms with E-state index in [4.69, 9.17) is 5.11 Å². The van der Waals surface area contributed by atoms with Crippen LogP contribution < -0.4 is 5.32 Å². The van der Waals surface area contributed by atoms with Crippen LogP contribution in [-0.2, 0) is 4.79 Å². The van der Waals surface area contributed by atoms with Crippen LogP contribution in [0.25, 0.3) is 0 Å². The third kappa shape index (κ3) is 6.86. The molecule has 0 aliphatic carbocycles. The maximum absolute atomic E-state index is 9.84. The fourth-order valence-electron chi connectivity index (χ4n) is 0.844. The Morgan fingerprint density at radius 2 is 2.33 bits per heavy atom. The monoisotopic (exact) mass is 169 g/mol. The molecule has 68 valence electrons. The Labute approximate surface area is 72.8 Å². The average Bonchev–Trinajstić information content (AvgIpc) is 1.97. The number of nitrogens with one attached hydrogen (secondary N) is 1. The Morgan fingerprint density at radius 3 is 2.83 bits per heavy atom. The summed E-state index contributed by atoms with van der Waals surface area (Å²) in [6, 6.07) is 0. The number of hydrogen-bond acceptors (Lipinski definition) is 2. The second-order valence-electron chi connectivity index (χ2n) is 2.62. The number of amides is 1. The first kappa shape index (κ1) is 10.8. The van der Waals surface area contributed by atoms with Gasteiger partial charge in [0.15, 0.2) is 0 Å². The quantitative estimate of drug-likeness (QED) is 0.274. The van der Waals surface area contributed by atoms with Crippen LogP contribution in [0.4, 0.5) is 0 Å². The molecular weight excluding hydrogens is 154 g/mol. The summed E-state index contributed by atoms with van der Waals surface area (Å²) in [7, 11) is 0. The summed E-state index contributed by atoms with van der Waals surface area (Å²) >= 11 is 0. The summed E-state index contributed by atoms with van der Waals surface area (Å²) in [4.78, 5) is 9.84. The van der Waals surface area contributed by atoms with Gasteiger partial charge in [0.2, 0.25) is 6.41 Å². The first-order chi connectivity index (χ1) is 5.66. The maximum atomic E-state index is 9.84. The smallest absolute Gasteiger partial charge is 0.207 e. The Hall–Kier alpha value is -1.25. The first-order valence-corrected chi connectivity index (χ1v) is 3.89. The van der Waals surface area contributed by atoms with E-state index in [1.807, 2.05) is 0 Å². The van der Waals surface area contributed by atoms with E-state index in [9.17, 15) is 4.79 Å². The maximum Gasteiger partial charge on any atom is 0.207 e. The van der Waals surface area contributed by atoms with E-state index in [1.54, 1.807) is 13.0 Å². The van der Waals surface area contributed by atoms with E-state index in [1.165, 1.54) is 0 Å². The molecule has 0 saturated carbocycles. The summed E-state index contributed by atoms with van der Waals surface area (Å²) in [5, 5.41) is 11.4. The van der Waals surface area contributed by atoms with Crippen molar-refractivity contribution in [3.8, 4) is 0 Å². The molecule has 0 atom stereocenters. The number of carbonyl (C=O) groups is 1. The van der Waals surface area contributed by atoms with Crippen LogP contribution >= 0.6 is 0 Å². The Morgan fingerprint density at radius 1 is 1.67 bits per heavy atom. The first-order valence-electron chi connectivity index (χ1n) is 3.89. The number of rotatable bonds is 6. The second-order valence-corrected chi connectivity index (χ2v) is 2.62. The van der Waals surface area contributed by atoms with Crippen LogP contribution in [0, 0.1) is 0 Å². The second kappa shape index (κ2) is 6.46. The zero-order valence-electron chi connectivity index (χ0n) is 7.34. The molecule has 0 radical (unpaired) electrons. The highest BCUT2D eigenvalue weighted by Crippen LogP contribution is 2.04. The molecule has 0 bridgehead atoms. The van der Waals surface area contributed by atoms with Gasteiger partial charge < -0.3 is 10.4 Å². The van der Waals surface area contributed by atoms with Gasteiger partial charge in [-0.05, 0) is 25.8 Å². The van der Waals surface area contributed by atoms with Crippen LogP contribution in [0.5, 0.6) is 0 Å². The van der Waals surface area contributed by atoms with Crippen molar-refractivity contribution in [2.45, 2.75) is 19.8 Å². The van der Waals surface area contributed by atoms with Gasteiger partial charge in [-0.2, -0.15) is 0 Å². The van der Waals surface area contributed by atoms with Gasteiger partial charge in [-0.25, -0.2) is 0 Å². The zero-order chi connectivity index (χ0) is 9.40. The third-order valence-electron chi connectivity index (χ3n) is 1.32. The lowest BCUT2D eigenvalue weighted by atomic mass is 10.1. The van der Waals surface area contributed by atoms with Gasteiger partial charge in [-0.1, -0.05) is 12.2 Å². The van der Waals surface area contributed by atoms with Crippen LogP contribution in [0.1, 0.15) is 19.8 Å². The van der Waals surface area contributed by atoms with Crippen molar-refractivity contribution in [1.82, 2.24) is 5.32 Å². The molecule has 12 heavy (non-hydrogen) atoms. The molecule has 0 aliphatic rings. The molecule has 3 nitrogen and oxygen atoms in total. The highest BCUT2D eigenvalue weighted by atomic mass is 16.3. The summed E-state index contributed by atoms with van der Waals surface area (Å²) in [5.41, 5.74) is 0.877. The van der Waals surface area contributed by atoms with E-state index in [2.05, 4.69) is 11.9 Å². The summed E-state index contributed by atoms with van der Waals surface area (Å²) in [6.07, 6.45) is 3.94. The van der Waals surface area contributed by atoms with Crippen LogP contribution in [0.3, 0.4) is 0 Å². The van der Waals surface area contributed by atoms with E-state index in [0.717, 1.165) is 18.4 Å². The molecule has 0 spiro atoms. The molecule has 0 aromatic rings. The van der Waals surface area contributed by atoms with Crippen molar-refractivity contribution >= 4 is 6.41 Å². The van der Waals surface area contributed by atoms with Gasteiger partial charge in [0.25, 0.3) is 0 Å². The predicted molar refractivity (Wildman–Crippen MR) is 48.8 cm³/mol. The van der Waals surface area contributed by atoms with E-state index in [0.29, 0.717) is 13.0 Å². The zero-order valence-corrected chi connectivity index (χ0v) is 7.34. The lowest BCUT2D eigenvalue weighted by Gasteiger charge is -1.99. The molecular formula is C9H15NO2. The molecule has 0 fully saturated rings. The van der Waals surface area contributed by atoms with Gasteiger partial charge >= 0.3 is 0 Å². The molecule has 0 aromatic carbocycles. The van der Waals surface area contributed by atoms with Gasteiger partial charge in [0, 0.05) is 6.54 Å². The Bertz CT molecular complexity index is 181. The SMILES string of the molecule is C=C(/C=C(\C)O)CCCNC=O. The van der Waals surface area contributed by atoms with Crippen molar-refractivity contribution in [2.75, 3.05) is 6.54 Å². The van der Waals surface area contributed by atoms with Crippen molar-refractivity contribution in [1.29, 1.82) is 0 Å². The van der Waals surface area contributed by atoms with Crippen LogP contribution in [0.15, 0.2) is 24.0 Å². The third-order valence-corrected chi connectivity index (χ3v) is 1.32. The number of hydrogen-bond donors (Lipinski definition) is 2. The van der Waals surface area contributed by atoms with Crippen LogP contribution in [-0.4, -0.2) is 18.1 Å². The summed E-state index contributed by atoms with van der Waals surface area (Å²) in [6.45, 7) is 6.00. The lowest BCUT2D eigenvalue weighted by molar-refractivity contribution is -0.109. The minimum absolute atomic E-state index is 0.267. The van der Waals surface area contributed by atoms with Gasteiger partial charge in [-0.3, -0.25) is 4.79 Å². The fraction of sp³-hybridized carbons (Fsp3) is 0.444. The van der Waals surface area contributed by atoms with E-state index in [-0.39, 0.29) is 5.76 Å². The molecule has 2 N–H and O–H groups in total. The van der Waals surface area contributed by atoms with Crippen molar-refractivity contribution in [3.63, 3.8) is 0 Å². The molecule has 0 saturated heterocycles. The normalized spacial score (nSPS) is 10.9. The standard InChI is InChI=1S/C9H15NO2/c1-8(6-9(2)12)4-3-5-10-7-11/h6-7,12H,1,3-5H2,2H3,(H,10,11)/b9-6+. The van der Waals surface area contributed by atoms with Crippen LogP contribution in [0.2, 0.25) is 0 Å². The minimum Gasteiger partial charge on any atom is -0.513 e. The van der Waals surface area contributed by atoms with Crippen molar-refractivity contribution in [2.24, 2.45) is 0 Å². The van der Waals surface area contributed by atoms with Crippen molar-refractivity contribution in [3.05, 3.63) is 24.0 Å². The molecule has 0 heterocycles. The number of allylic oxidation sites excluding steroid dienone is 3. The summed E-state index contributed by atoms with van der Waals surface area (Å²) in [5.74, 6) is 0.267. The number of aliphatic hydroxyl groups excluding tert-OH is 1. The molecule has 3 heteroatoms. The minimum atomic E-state index is 0.267. The number of aliphatic hydroxyl groups is 1. The van der Waals surface area contributed by atoms with Gasteiger partial charge in [0.1, 0.15) is 0 Å². The molecule has 0 aromatic heterocycles. The van der Waals surface area contributed by atoms with Crippen molar-refractivity contribution < 1.29 is 9.90 Å². The average molecular weight is 169 g/mol. The van der Waals surface area contributed by atoms with Gasteiger partial charge in [0.05, 0.1) is 5.76 Å². The Balaban J connectivity index is 3.45. The molecule has 0 rings (SSSR count). The van der Waals surface area contributed by atoms with E-state index < -0.39 is 0 Å². The molecule has 1 amide bonds. The predicted octanol–water partition coefficient (Wildman–Crippen LogP) is 1.53. The topological polar surface area (TPSA) is 49.3 Å². The van der Waals surface area contributed by atoms with E-state index >= 15 is 0 Å². The number of carbonyl (C=O) groups excluding carboxylic acids is 1. The molecule has 0 unspecified atom stereocenters. The largest absolute Gasteiger partial charge is 0.513 e. The van der Waals surface area contributed by atoms with Gasteiger partial charge in [-0.15, -0.1) is 0 Å². The summed E-state index contributed by atoms with van der Waals surface area (Å²) < 4.78 is 0. The Kier molecular flexibility index (Phi) is 5.79. The highest BCUT2D eigenvalue weighted by Gasteiger charge is 1.91. The molecule has 0 aliphatic heterocycles.